The number of alkyl halides is 1. The summed E-state index contributed by atoms with van der Waals surface area (Å²) in [5, 5.41) is 0.284. The number of halogens is 1. The zero-order valence-corrected chi connectivity index (χ0v) is 7.94. The van der Waals surface area contributed by atoms with Gasteiger partial charge in [0.25, 0.3) is 0 Å². The summed E-state index contributed by atoms with van der Waals surface area (Å²) in [5.41, 5.74) is 0. The Kier molecular flexibility index (Phi) is 4.24. The van der Waals surface area contributed by atoms with Gasteiger partial charge in [-0.15, -0.1) is 11.6 Å². The molecule has 11 heavy (non-hydrogen) atoms. The summed E-state index contributed by atoms with van der Waals surface area (Å²) in [6, 6.07) is 0. The SMILES string of the molecule is CCCCCC1COCC1Cl. The van der Waals surface area contributed by atoms with Crippen LogP contribution in [-0.2, 0) is 4.74 Å². The highest BCUT2D eigenvalue weighted by Gasteiger charge is 2.25. The highest BCUT2D eigenvalue weighted by atomic mass is 35.5. The lowest BCUT2D eigenvalue weighted by molar-refractivity contribution is 0.184. The number of rotatable bonds is 4. The zero-order chi connectivity index (χ0) is 8.10. The summed E-state index contributed by atoms with van der Waals surface area (Å²) in [7, 11) is 0. The van der Waals surface area contributed by atoms with E-state index < -0.39 is 0 Å². The molecule has 0 N–H and O–H groups in total. The van der Waals surface area contributed by atoms with Crippen LogP contribution in [-0.4, -0.2) is 18.6 Å². The topological polar surface area (TPSA) is 9.23 Å². The molecule has 0 aromatic carbocycles. The molecule has 1 fully saturated rings. The molecule has 0 bridgehead atoms. The number of ether oxygens (including phenoxy) is 1. The third-order valence-corrected chi connectivity index (χ3v) is 2.78. The Bertz CT molecular complexity index is 106. The van der Waals surface area contributed by atoms with Gasteiger partial charge in [0.1, 0.15) is 0 Å². The Morgan fingerprint density at radius 1 is 1.36 bits per heavy atom. The highest BCUT2D eigenvalue weighted by Crippen LogP contribution is 2.24. The van der Waals surface area contributed by atoms with E-state index >= 15 is 0 Å². The van der Waals surface area contributed by atoms with E-state index in [1.165, 1.54) is 25.7 Å². The molecule has 0 aromatic rings. The van der Waals surface area contributed by atoms with E-state index in [4.69, 9.17) is 16.3 Å². The van der Waals surface area contributed by atoms with Crippen LogP contribution in [0.2, 0.25) is 0 Å². The van der Waals surface area contributed by atoms with Crippen molar-refractivity contribution in [1.82, 2.24) is 0 Å². The van der Waals surface area contributed by atoms with Crippen molar-refractivity contribution in [3.05, 3.63) is 0 Å². The van der Waals surface area contributed by atoms with E-state index in [-0.39, 0.29) is 5.38 Å². The van der Waals surface area contributed by atoms with Crippen LogP contribution in [0.15, 0.2) is 0 Å². The van der Waals surface area contributed by atoms with Gasteiger partial charge in [-0.2, -0.15) is 0 Å². The van der Waals surface area contributed by atoms with Crippen molar-refractivity contribution in [2.24, 2.45) is 5.92 Å². The smallest absolute Gasteiger partial charge is 0.0633 e. The average Bonchev–Trinajstić information content (AvgIpc) is 2.37. The molecule has 0 radical (unpaired) electrons. The van der Waals surface area contributed by atoms with Crippen LogP contribution in [0.3, 0.4) is 0 Å². The molecule has 1 saturated heterocycles. The minimum atomic E-state index is 0.284. The van der Waals surface area contributed by atoms with E-state index in [0.717, 1.165) is 13.2 Å². The summed E-state index contributed by atoms with van der Waals surface area (Å²) >= 11 is 6.03. The molecule has 1 aliphatic rings. The molecular formula is C9H17ClO. The fourth-order valence-corrected chi connectivity index (χ4v) is 1.78. The lowest BCUT2D eigenvalue weighted by atomic mass is 10.0. The van der Waals surface area contributed by atoms with Crippen LogP contribution in [0.25, 0.3) is 0 Å². The molecular weight excluding hydrogens is 160 g/mol. The highest BCUT2D eigenvalue weighted by molar-refractivity contribution is 6.21. The second-order valence-electron chi connectivity index (χ2n) is 3.31. The molecule has 1 heterocycles. The second-order valence-corrected chi connectivity index (χ2v) is 3.87. The Balaban J connectivity index is 2.05. The van der Waals surface area contributed by atoms with Crippen molar-refractivity contribution in [2.45, 2.75) is 38.0 Å². The summed E-state index contributed by atoms with van der Waals surface area (Å²) in [4.78, 5) is 0. The van der Waals surface area contributed by atoms with Gasteiger partial charge < -0.3 is 4.74 Å². The summed E-state index contributed by atoms with van der Waals surface area (Å²) in [6.07, 6.45) is 5.19. The van der Waals surface area contributed by atoms with Gasteiger partial charge in [0, 0.05) is 5.92 Å². The van der Waals surface area contributed by atoms with Gasteiger partial charge in [-0.3, -0.25) is 0 Å². The molecule has 2 unspecified atom stereocenters. The minimum Gasteiger partial charge on any atom is -0.380 e. The van der Waals surface area contributed by atoms with Gasteiger partial charge in [-0.05, 0) is 6.42 Å². The Morgan fingerprint density at radius 3 is 2.73 bits per heavy atom. The van der Waals surface area contributed by atoms with Crippen LogP contribution in [0, 0.1) is 5.92 Å². The summed E-state index contributed by atoms with van der Waals surface area (Å²) in [5.74, 6) is 0.628. The molecule has 0 saturated carbocycles. The van der Waals surface area contributed by atoms with Crippen molar-refractivity contribution >= 4 is 11.6 Å². The Morgan fingerprint density at radius 2 is 2.18 bits per heavy atom. The molecule has 2 heteroatoms. The van der Waals surface area contributed by atoms with E-state index in [0.29, 0.717) is 5.92 Å². The standard InChI is InChI=1S/C9H17ClO/c1-2-3-4-5-8-6-11-7-9(8)10/h8-9H,2-7H2,1H3. The van der Waals surface area contributed by atoms with Gasteiger partial charge in [0.05, 0.1) is 18.6 Å². The van der Waals surface area contributed by atoms with Crippen LogP contribution < -0.4 is 0 Å². The third kappa shape index (κ3) is 3.00. The average molecular weight is 177 g/mol. The Labute approximate surface area is 74.1 Å². The Hall–Kier alpha value is 0.250. The predicted octanol–water partition coefficient (Wildman–Crippen LogP) is 2.82. The largest absolute Gasteiger partial charge is 0.380 e. The lowest BCUT2D eigenvalue weighted by Crippen LogP contribution is -2.11. The van der Waals surface area contributed by atoms with Crippen molar-refractivity contribution in [3.8, 4) is 0 Å². The molecule has 2 atom stereocenters. The minimum absolute atomic E-state index is 0.284. The van der Waals surface area contributed by atoms with E-state index in [2.05, 4.69) is 6.92 Å². The second kappa shape index (κ2) is 5.00. The molecule has 1 rings (SSSR count). The third-order valence-electron chi connectivity index (χ3n) is 2.30. The molecule has 1 nitrogen and oxygen atoms in total. The van der Waals surface area contributed by atoms with Crippen molar-refractivity contribution in [1.29, 1.82) is 0 Å². The maximum atomic E-state index is 6.03. The summed E-state index contributed by atoms with van der Waals surface area (Å²) < 4.78 is 5.27. The molecule has 0 aromatic heterocycles. The van der Waals surface area contributed by atoms with Crippen LogP contribution in [0.5, 0.6) is 0 Å². The maximum absolute atomic E-state index is 6.03. The van der Waals surface area contributed by atoms with Crippen molar-refractivity contribution < 1.29 is 4.74 Å². The first-order chi connectivity index (χ1) is 5.34. The normalized spacial score (nSPS) is 31.1. The summed E-state index contributed by atoms with van der Waals surface area (Å²) in [6.45, 7) is 3.87. The van der Waals surface area contributed by atoms with Crippen molar-refractivity contribution in [3.63, 3.8) is 0 Å². The van der Waals surface area contributed by atoms with E-state index in [1.807, 2.05) is 0 Å². The van der Waals surface area contributed by atoms with Crippen LogP contribution in [0.1, 0.15) is 32.6 Å². The first-order valence-corrected chi connectivity index (χ1v) is 5.00. The monoisotopic (exact) mass is 176 g/mol. The zero-order valence-electron chi connectivity index (χ0n) is 7.18. The van der Waals surface area contributed by atoms with Gasteiger partial charge >= 0.3 is 0 Å². The quantitative estimate of drug-likeness (QED) is 0.473. The fourth-order valence-electron chi connectivity index (χ4n) is 1.49. The number of unbranched alkanes of at least 4 members (excludes halogenated alkanes) is 2. The predicted molar refractivity (Wildman–Crippen MR) is 48.1 cm³/mol. The fraction of sp³-hybridized carbons (Fsp3) is 1.00. The van der Waals surface area contributed by atoms with Gasteiger partial charge in [0.2, 0.25) is 0 Å². The van der Waals surface area contributed by atoms with Gasteiger partial charge in [0.15, 0.2) is 0 Å². The van der Waals surface area contributed by atoms with Gasteiger partial charge in [-0.1, -0.05) is 26.2 Å². The van der Waals surface area contributed by atoms with E-state index in [9.17, 15) is 0 Å². The van der Waals surface area contributed by atoms with Crippen LogP contribution in [0.4, 0.5) is 0 Å². The first kappa shape index (κ1) is 9.34. The molecule has 66 valence electrons. The molecule has 0 aliphatic carbocycles. The maximum Gasteiger partial charge on any atom is 0.0633 e. The lowest BCUT2D eigenvalue weighted by Gasteiger charge is -2.09. The number of hydrogen-bond donors (Lipinski definition) is 0. The molecule has 0 spiro atoms. The van der Waals surface area contributed by atoms with E-state index in [1.54, 1.807) is 0 Å². The molecule has 1 aliphatic heterocycles. The first-order valence-electron chi connectivity index (χ1n) is 4.56. The molecule has 0 amide bonds. The van der Waals surface area contributed by atoms with Crippen LogP contribution >= 0.6 is 11.6 Å². The van der Waals surface area contributed by atoms with Gasteiger partial charge in [-0.25, -0.2) is 0 Å². The van der Waals surface area contributed by atoms with Crippen molar-refractivity contribution in [2.75, 3.05) is 13.2 Å². The number of hydrogen-bond acceptors (Lipinski definition) is 1.